The Kier molecular flexibility index (Phi) is 9.85. The Hall–Kier alpha value is -2.76. The second-order valence-corrected chi connectivity index (χ2v) is 12.2. The Labute approximate surface area is 221 Å². The van der Waals surface area contributed by atoms with Crippen LogP contribution in [-0.2, 0) is 31.6 Å². The van der Waals surface area contributed by atoms with Crippen LogP contribution in [0.25, 0.3) is 22.6 Å². The zero-order valence-electron chi connectivity index (χ0n) is 19.5. The third-order valence-corrected chi connectivity index (χ3v) is 8.74. The van der Waals surface area contributed by atoms with Gasteiger partial charge in [-0.2, -0.15) is 8.62 Å². The number of nitrogens with one attached hydrogen (secondary N) is 1. The van der Waals surface area contributed by atoms with E-state index in [-0.39, 0.29) is 5.56 Å². The fourth-order valence-corrected chi connectivity index (χ4v) is 6.30. The van der Waals surface area contributed by atoms with Crippen molar-refractivity contribution in [3.05, 3.63) is 72.9 Å². The SMILES string of the molecule is [N-]=[N+]=Nc1ccc(/C=C/c2cn([C@@H]3O[C@H](COP(=O)(O)OP(=O)(O)OP(=O)(O)O)[C@@H](O)[C@@H]3O)c(=O)[nH]c2=O)cc1. The number of H-pyrrole nitrogens is 1. The Bertz CT molecular complexity index is 1580. The number of hydrogen-bond donors (Lipinski definition) is 7. The number of azide groups is 1. The molecule has 0 radical (unpaired) electrons. The van der Waals surface area contributed by atoms with Crippen molar-refractivity contribution < 1.29 is 61.4 Å². The van der Waals surface area contributed by atoms with Crippen LogP contribution < -0.4 is 11.2 Å². The molecule has 6 atom stereocenters. The van der Waals surface area contributed by atoms with Gasteiger partial charge in [0.2, 0.25) is 0 Å². The minimum absolute atomic E-state index is 0.0966. The quantitative estimate of drug-likeness (QED) is 0.0777. The van der Waals surface area contributed by atoms with Gasteiger partial charge >= 0.3 is 29.2 Å². The summed E-state index contributed by atoms with van der Waals surface area (Å²) in [6.45, 7) is -1.10. The van der Waals surface area contributed by atoms with E-state index < -0.39 is 65.9 Å². The van der Waals surface area contributed by atoms with Crippen LogP contribution in [0, 0.1) is 0 Å². The van der Waals surface area contributed by atoms with Gasteiger partial charge in [-0.05, 0) is 17.2 Å². The van der Waals surface area contributed by atoms with Gasteiger partial charge < -0.3 is 34.5 Å². The zero-order chi connectivity index (χ0) is 29.9. The molecule has 0 aliphatic carbocycles. The number of rotatable bonds is 11. The first-order valence-electron chi connectivity index (χ1n) is 10.5. The first-order valence-corrected chi connectivity index (χ1v) is 15.0. The topological polar surface area (TPSA) is 313 Å². The summed E-state index contributed by atoms with van der Waals surface area (Å²) in [7, 11) is -17.0. The van der Waals surface area contributed by atoms with E-state index in [0.29, 0.717) is 15.8 Å². The van der Waals surface area contributed by atoms with E-state index in [4.69, 9.17) is 20.1 Å². The van der Waals surface area contributed by atoms with E-state index in [0.717, 1.165) is 6.20 Å². The molecule has 218 valence electrons. The van der Waals surface area contributed by atoms with Crippen LogP contribution in [0.3, 0.4) is 0 Å². The Morgan fingerprint density at radius 2 is 1.68 bits per heavy atom. The van der Waals surface area contributed by atoms with E-state index in [1.165, 1.54) is 24.3 Å². The number of benzene rings is 1. The summed E-state index contributed by atoms with van der Waals surface area (Å²) in [6.07, 6.45) is -3.26. The number of aromatic nitrogens is 2. The maximum absolute atomic E-state index is 12.4. The number of aliphatic hydroxyl groups excluding tert-OH is 2. The van der Waals surface area contributed by atoms with Crippen molar-refractivity contribution in [2.75, 3.05) is 6.61 Å². The monoisotopic (exact) mass is 627 g/mol. The molecule has 1 aliphatic heterocycles. The lowest BCUT2D eigenvalue weighted by Crippen LogP contribution is -2.38. The molecule has 1 aliphatic rings. The molecule has 0 saturated carbocycles. The van der Waals surface area contributed by atoms with Gasteiger partial charge in [-0.1, -0.05) is 35.5 Å². The highest BCUT2D eigenvalue weighted by Crippen LogP contribution is 2.66. The first kappa shape index (κ1) is 31.8. The molecule has 1 aromatic carbocycles. The maximum Gasteiger partial charge on any atom is 0.490 e. The second kappa shape index (κ2) is 12.4. The first-order chi connectivity index (χ1) is 18.5. The average Bonchev–Trinajstić information content (AvgIpc) is 3.09. The third kappa shape index (κ3) is 8.62. The van der Waals surface area contributed by atoms with Crippen molar-refractivity contribution in [3.8, 4) is 0 Å². The van der Waals surface area contributed by atoms with Crippen molar-refractivity contribution in [2.45, 2.75) is 24.5 Å². The van der Waals surface area contributed by atoms with E-state index in [1.807, 2.05) is 4.98 Å². The molecule has 20 nitrogen and oxygen atoms in total. The average molecular weight is 627 g/mol. The minimum atomic E-state index is -5.79. The van der Waals surface area contributed by atoms with Crippen molar-refractivity contribution in [1.82, 2.24) is 9.55 Å². The van der Waals surface area contributed by atoms with Crippen molar-refractivity contribution in [2.24, 2.45) is 5.11 Å². The van der Waals surface area contributed by atoms with E-state index in [2.05, 4.69) is 23.2 Å². The maximum atomic E-state index is 12.4. The van der Waals surface area contributed by atoms with E-state index in [1.54, 1.807) is 12.1 Å². The van der Waals surface area contributed by atoms with Gasteiger partial charge in [0.25, 0.3) is 5.56 Å². The predicted molar refractivity (Wildman–Crippen MR) is 131 cm³/mol. The summed E-state index contributed by atoms with van der Waals surface area (Å²) in [4.78, 5) is 65.2. The molecule has 3 rings (SSSR count). The molecule has 23 heteroatoms. The predicted octanol–water partition coefficient (Wildman–Crippen LogP) is 0.611. The number of hydrogen-bond acceptors (Lipinski definition) is 12. The number of aromatic amines is 1. The van der Waals surface area contributed by atoms with Gasteiger partial charge in [0, 0.05) is 16.8 Å². The normalized spacial score (nSPS) is 24.4. The summed E-state index contributed by atoms with van der Waals surface area (Å²) in [5.41, 5.74) is 7.40. The van der Waals surface area contributed by atoms with Gasteiger partial charge in [-0.15, -0.1) is 0 Å². The Morgan fingerprint density at radius 1 is 1.02 bits per heavy atom. The standard InChI is InChI=1S/C17H20N5O15P3/c18-21-20-11-5-2-9(3-6-11)1-4-10-7-22(17(26)19-15(10)25)16-14(24)13(23)12(35-16)8-34-39(30,31)37-40(32,33)36-38(27,28)29/h1-7,12-14,16,23-24H,8H2,(H,30,31)(H,32,33)(H,19,25,26)(H2,27,28,29)/b4-1+/t12-,13-,14+,16-/m1/s1. The lowest BCUT2D eigenvalue weighted by Gasteiger charge is -2.19. The molecule has 2 unspecified atom stereocenters. The molecule has 2 heterocycles. The second-order valence-electron chi connectivity index (χ2n) is 7.80. The molecule has 1 saturated heterocycles. The smallest absolute Gasteiger partial charge is 0.387 e. The molecule has 1 aromatic heterocycles. The fourth-order valence-electron chi connectivity index (χ4n) is 3.27. The van der Waals surface area contributed by atoms with Crippen LogP contribution in [0.2, 0.25) is 0 Å². The number of aliphatic hydroxyl groups is 2. The van der Waals surface area contributed by atoms with Gasteiger partial charge in [-0.25, -0.2) is 18.5 Å². The zero-order valence-corrected chi connectivity index (χ0v) is 22.2. The molecule has 2 aromatic rings. The highest BCUT2D eigenvalue weighted by atomic mass is 31.3. The molecule has 0 bridgehead atoms. The van der Waals surface area contributed by atoms with Crippen LogP contribution in [0.15, 0.2) is 45.2 Å². The molecular formula is C17H20N5O15P3. The molecule has 0 amide bonds. The minimum Gasteiger partial charge on any atom is -0.387 e. The van der Waals surface area contributed by atoms with Crippen LogP contribution in [0.5, 0.6) is 0 Å². The van der Waals surface area contributed by atoms with Gasteiger partial charge in [-0.3, -0.25) is 18.9 Å². The highest BCUT2D eigenvalue weighted by molar-refractivity contribution is 7.66. The van der Waals surface area contributed by atoms with Crippen molar-refractivity contribution >= 4 is 41.3 Å². The molecule has 0 spiro atoms. The summed E-state index contributed by atoms with van der Waals surface area (Å²) >= 11 is 0. The Balaban J connectivity index is 1.75. The molecule has 40 heavy (non-hydrogen) atoms. The van der Waals surface area contributed by atoms with Gasteiger partial charge in [0.1, 0.15) is 18.3 Å². The number of phosphoric ester groups is 1. The Morgan fingerprint density at radius 3 is 2.27 bits per heavy atom. The summed E-state index contributed by atoms with van der Waals surface area (Å²) in [5.74, 6) is 0. The lowest BCUT2D eigenvalue weighted by molar-refractivity contribution is -0.0542. The fraction of sp³-hybridized carbons (Fsp3) is 0.294. The summed E-state index contributed by atoms with van der Waals surface area (Å²) in [6, 6.07) is 6.18. The number of nitrogens with zero attached hydrogens (tertiary/aromatic N) is 4. The highest BCUT2D eigenvalue weighted by Gasteiger charge is 2.46. The van der Waals surface area contributed by atoms with Crippen LogP contribution >= 0.6 is 23.5 Å². The summed E-state index contributed by atoms with van der Waals surface area (Å²) < 4.78 is 51.6. The van der Waals surface area contributed by atoms with Crippen LogP contribution in [-0.4, -0.2) is 64.3 Å². The van der Waals surface area contributed by atoms with E-state index in [9.17, 15) is 43.3 Å². The molecule has 1 fully saturated rings. The van der Waals surface area contributed by atoms with Crippen LogP contribution in [0.1, 0.15) is 17.4 Å². The van der Waals surface area contributed by atoms with E-state index >= 15 is 0 Å². The largest absolute Gasteiger partial charge is 0.490 e. The van der Waals surface area contributed by atoms with Gasteiger partial charge in [0.05, 0.1) is 12.2 Å². The van der Waals surface area contributed by atoms with Crippen molar-refractivity contribution in [3.63, 3.8) is 0 Å². The van der Waals surface area contributed by atoms with Crippen LogP contribution in [0.4, 0.5) is 5.69 Å². The number of phosphoric acid groups is 3. The summed E-state index contributed by atoms with van der Waals surface area (Å²) in [5, 5.41) is 24.1. The molecular weight excluding hydrogens is 607 g/mol. The number of ether oxygens (including phenoxy) is 1. The third-order valence-electron chi connectivity index (χ3n) is 4.93. The molecule has 7 N–H and O–H groups in total. The van der Waals surface area contributed by atoms with Crippen molar-refractivity contribution in [1.29, 1.82) is 0 Å². The van der Waals surface area contributed by atoms with Gasteiger partial charge in [0.15, 0.2) is 6.23 Å². The lowest BCUT2D eigenvalue weighted by atomic mass is 10.1.